The molecule has 1 fully saturated rings. The van der Waals surface area contributed by atoms with Gasteiger partial charge in [-0.3, -0.25) is 4.79 Å². The summed E-state index contributed by atoms with van der Waals surface area (Å²) < 4.78 is 5.53. The monoisotopic (exact) mass is 265 g/mol. The Morgan fingerprint density at radius 2 is 2.26 bits per heavy atom. The lowest BCUT2D eigenvalue weighted by Gasteiger charge is -2.22. The first-order valence-corrected chi connectivity index (χ1v) is 6.36. The second-order valence-corrected chi connectivity index (χ2v) is 4.71. The Balaban J connectivity index is 2.25. The van der Waals surface area contributed by atoms with Gasteiger partial charge in [-0.25, -0.2) is 4.98 Å². The SMILES string of the molecule is CC(C)Oc1ncnc(N2CCCNC(=O)C2)c1N. The first-order chi connectivity index (χ1) is 9.08. The third-order valence-corrected chi connectivity index (χ3v) is 2.73. The molecule has 0 radical (unpaired) electrons. The number of hydrogen-bond acceptors (Lipinski definition) is 6. The van der Waals surface area contributed by atoms with E-state index in [0.717, 1.165) is 13.0 Å². The topological polar surface area (TPSA) is 93.4 Å². The van der Waals surface area contributed by atoms with Gasteiger partial charge in [-0.2, -0.15) is 4.98 Å². The molecule has 3 N–H and O–H groups in total. The van der Waals surface area contributed by atoms with Crippen LogP contribution in [0.5, 0.6) is 5.88 Å². The number of ether oxygens (including phenoxy) is 1. The van der Waals surface area contributed by atoms with Gasteiger partial charge in [0.25, 0.3) is 0 Å². The van der Waals surface area contributed by atoms with Gasteiger partial charge in [0.05, 0.1) is 12.6 Å². The number of anilines is 2. The summed E-state index contributed by atoms with van der Waals surface area (Å²) in [5, 5.41) is 2.81. The van der Waals surface area contributed by atoms with E-state index in [-0.39, 0.29) is 18.6 Å². The third-order valence-electron chi connectivity index (χ3n) is 2.73. The maximum atomic E-state index is 11.6. The van der Waals surface area contributed by atoms with Crippen molar-refractivity contribution in [3.63, 3.8) is 0 Å². The van der Waals surface area contributed by atoms with Crippen molar-refractivity contribution in [2.24, 2.45) is 0 Å². The highest BCUT2D eigenvalue weighted by Crippen LogP contribution is 2.28. The number of rotatable bonds is 3. The molecule has 0 atom stereocenters. The van der Waals surface area contributed by atoms with E-state index in [1.54, 1.807) is 0 Å². The van der Waals surface area contributed by atoms with Gasteiger partial charge in [-0.15, -0.1) is 0 Å². The molecule has 104 valence electrons. The van der Waals surface area contributed by atoms with Crippen LogP contribution < -0.4 is 20.7 Å². The average Bonchev–Trinajstić information content (AvgIpc) is 2.56. The zero-order valence-electron chi connectivity index (χ0n) is 11.2. The van der Waals surface area contributed by atoms with Crippen LogP contribution in [0.15, 0.2) is 6.33 Å². The lowest BCUT2D eigenvalue weighted by Crippen LogP contribution is -2.34. The van der Waals surface area contributed by atoms with E-state index < -0.39 is 0 Å². The third kappa shape index (κ3) is 3.24. The van der Waals surface area contributed by atoms with Gasteiger partial charge < -0.3 is 20.7 Å². The molecule has 0 aliphatic carbocycles. The molecule has 1 amide bonds. The summed E-state index contributed by atoms with van der Waals surface area (Å²) in [6, 6.07) is 0. The molecule has 19 heavy (non-hydrogen) atoms. The van der Waals surface area contributed by atoms with Crippen LogP contribution in [0.3, 0.4) is 0 Å². The number of aromatic nitrogens is 2. The lowest BCUT2D eigenvalue weighted by molar-refractivity contribution is -0.119. The average molecular weight is 265 g/mol. The van der Waals surface area contributed by atoms with Crippen molar-refractivity contribution in [2.75, 3.05) is 30.3 Å². The molecular formula is C12H19N5O2. The fourth-order valence-electron chi connectivity index (χ4n) is 1.93. The molecule has 0 bridgehead atoms. The second-order valence-electron chi connectivity index (χ2n) is 4.71. The van der Waals surface area contributed by atoms with Gasteiger partial charge >= 0.3 is 0 Å². The molecule has 2 rings (SSSR count). The summed E-state index contributed by atoms with van der Waals surface area (Å²) in [5.74, 6) is 0.897. The van der Waals surface area contributed by atoms with Crippen molar-refractivity contribution in [3.8, 4) is 5.88 Å². The summed E-state index contributed by atoms with van der Waals surface area (Å²) in [6.45, 7) is 5.46. The van der Waals surface area contributed by atoms with Crippen molar-refractivity contribution >= 4 is 17.4 Å². The molecule has 1 aromatic rings. The molecule has 2 heterocycles. The Morgan fingerprint density at radius 1 is 1.47 bits per heavy atom. The fraction of sp³-hybridized carbons (Fsp3) is 0.583. The zero-order chi connectivity index (χ0) is 13.8. The van der Waals surface area contributed by atoms with E-state index in [1.165, 1.54) is 6.33 Å². The zero-order valence-corrected chi connectivity index (χ0v) is 11.2. The van der Waals surface area contributed by atoms with Gasteiger partial charge in [-0.05, 0) is 20.3 Å². The highest BCUT2D eigenvalue weighted by molar-refractivity contribution is 5.83. The number of carbonyl (C=O) groups is 1. The number of nitrogens with two attached hydrogens (primary N) is 1. The van der Waals surface area contributed by atoms with E-state index in [4.69, 9.17) is 10.5 Å². The van der Waals surface area contributed by atoms with Crippen LogP contribution in [-0.2, 0) is 4.79 Å². The number of nitrogen functional groups attached to an aromatic ring is 1. The molecule has 0 unspecified atom stereocenters. The number of nitrogens with zero attached hydrogens (tertiary/aromatic N) is 3. The number of amides is 1. The molecule has 1 saturated heterocycles. The van der Waals surface area contributed by atoms with Crippen LogP contribution in [0.4, 0.5) is 11.5 Å². The van der Waals surface area contributed by atoms with Crippen LogP contribution in [0.25, 0.3) is 0 Å². The molecule has 1 aliphatic heterocycles. The van der Waals surface area contributed by atoms with Crippen molar-refractivity contribution in [1.29, 1.82) is 0 Å². The van der Waals surface area contributed by atoms with E-state index in [9.17, 15) is 4.79 Å². The first kappa shape index (κ1) is 13.4. The smallest absolute Gasteiger partial charge is 0.242 e. The molecule has 7 nitrogen and oxygen atoms in total. The Kier molecular flexibility index (Phi) is 4.03. The summed E-state index contributed by atoms with van der Waals surface area (Å²) in [7, 11) is 0. The van der Waals surface area contributed by atoms with E-state index in [0.29, 0.717) is 23.9 Å². The molecule has 0 saturated carbocycles. The van der Waals surface area contributed by atoms with Crippen molar-refractivity contribution in [3.05, 3.63) is 6.33 Å². The second kappa shape index (κ2) is 5.73. The minimum absolute atomic E-state index is 0.0162. The Labute approximate surface area is 112 Å². The highest BCUT2D eigenvalue weighted by atomic mass is 16.5. The van der Waals surface area contributed by atoms with E-state index in [1.807, 2.05) is 18.7 Å². The predicted octanol–water partition coefficient (Wildman–Crippen LogP) is 0.172. The van der Waals surface area contributed by atoms with Gasteiger partial charge in [-0.1, -0.05) is 0 Å². The number of hydrogen-bond donors (Lipinski definition) is 2. The van der Waals surface area contributed by atoms with Crippen LogP contribution in [0, 0.1) is 0 Å². The Bertz CT molecular complexity index is 463. The Morgan fingerprint density at radius 3 is 3.00 bits per heavy atom. The number of nitrogens with one attached hydrogen (secondary N) is 1. The summed E-state index contributed by atoms with van der Waals surface area (Å²) in [4.78, 5) is 21.6. The van der Waals surface area contributed by atoms with Crippen molar-refractivity contribution < 1.29 is 9.53 Å². The number of carbonyl (C=O) groups excluding carboxylic acids is 1. The quantitative estimate of drug-likeness (QED) is 0.809. The lowest BCUT2D eigenvalue weighted by atomic mass is 10.3. The molecule has 7 heteroatoms. The van der Waals surface area contributed by atoms with Gasteiger partial charge in [0, 0.05) is 13.1 Å². The molecule has 0 spiro atoms. The normalized spacial score (nSPS) is 16.2. The van der Waals surface area contributed by atoms with Crippen molar-refractivity contribution in [1.82, 2.24) is 15.3 Å². The first-order valence-electron chi connectivity index (χ1n) is 6.36. The predicted molar refractivity (Wildman–Crippen MR) is 72.0 cm³/mol. The highest BCUT2D eigenvalue weighted by Gasteiger charge is 2.20. The molecule has 0 aromatic carbocycles. The molecular weight excluding hydrogens is 246 g/mol. The minimum Gasteiger partial charge on any atom is -0.473 e. The standard InChI is InChI=1S/C12H19N5O2/c1-8(2)19-12-10(13)11(15-7-16-12)17-5-3-4-14-9(18)6-17/h7-8H,3-6,13H2,1-2H3,(H,14,18). The van der Waals surface area contributed by atoms with E-state index >= 15 is 0 Å². The van der Waals surface area contributed by atoms with Gasteiger partial charge in [0.15, 0.2) is 5.82 Å². The van der Waals surface area contributed by atoms with Crippen LogP contribution in [0.1, 0.15) is 20.3 Å². The van der Waals surface area contributed by atoms with E-state index in [2.05, 4.69) is 15.3 Å². The van der Waals surface area contributed by atoms with Crippen molar-refractivity contribution in [2.45, 2.75) is 26.4 Å². The molecule has 1 aromatic heterocycles. The largest absolute Gasteiger partial charge is 0.473 e. The summed E-state index contributed by atoms with van der Waals surface area (Å²) >= 11 is 0. The fourth-order valence-corrected chi connectivity index (χ4v) is 1.93. The minimum atomic E-state index is -0.0261. The van der Waals surface area contributed by atoms with Crippen LogP contribution >= 0.6 is 0 Å². The van der Waals surface area contributed by atoms with Crippen LogP contribution in [0.2, 0.25) is 0 Å². The van der Waals surface area contributed by atoms with Gasteiger partial charge in [0.1, 0.15) is 12.0 Å². The maximum absolute atomic E-state index is 11.6. The summed E-state index contributed by atoms with van der Waals surface area (Å²) in [5.41, 5.74) is 6.42. The molecule has 1 aliphatic rings. The van der Waals surface area contributed by atoms with Crippen LogP contribution in [-0.4, -0.2) is 41.6 Å². The Hall–Kier alpha value is -2.05. The maximum Gasteiger partial charge on any atom is 0.242 e. The van der Waals surface area contributed by atoms with Gasteiger partial charge in [0.2, 0.25) is 11.8 Å². The summed E-state index contributed by atoms with van der Waals surface area (Å²) in [6.07, 6.45) is 2.25.